The highest BCUT2D eigenvalue weighted by Gasteiger charge is 2.43. The summed E-state index contributed by atoms with van der Waals surface area (Å²) in [6.45, 7) is 3.01. The van der Waals surface area contributed by atoms with Crippen molar-refractivity contribution in [1.82, 2.24) is 0 Å². The van der Waals surface area contributed by atoms with Gasteiger partial charge in [-0.15, -0.1) is 0 Å². The Balaban J connectivity index is 2.71. The van der Waals surface area contributed by atoms with Gasteiger partial charge in [-0.3, -0.25) is 0 Å². The number of ether oxygens (including phenoxy) is 2. The van der Waals surface area contributed by atoms with Crippen LogP contribution in [-0.2, 0) is 14.3 Å². The van der Waals surface area contributed by atoms with Crippen molar-refractivity contribution in [2.45, 2.75) is 18.9 Å². The van der Waals surface area contributed by atoms with Crippen LogP contribution in [0, 0.1) is 5.92 Å². The molecule has 5 heteroatoms. The topological polar surface area (TPSA) is 76.0 Å². The minimum atomic E-state index is -1.73. The molecule has 1 fully saturated rings. The van der Waals surface area contributed by atoms with Crippen molar-refractivity contribution in [2.24, 2.45) is 5.92 Å². The lowest BCUT2D eigenvalue weighted by atomic mass is 9.86. The zero-order valence-corrected chi connectivity index (χ0v) is 8.23. The molecule has 2 N–H and O–H groups in total. The van der Waals surface area contributed by atoms with Crippen LogP contribution in [0.4, 0.5) is 0 Å². The van der Waals surface area contributed by atoms with E-state index in [1.54, 1.807) is 6.92 Å². The predicted octanol–water partition coefficient (Wildman–Crippen LogP) is -0.125. The molecule has 5 nitrogen and oxygen atoms in total. The van der Waals surface area contributed by atoms with Crippen LogP contribution in [0.3, 0.4) is 0 Å². The standard InChI is InChI=1S/C9H16O5/c1-2-9(12,8(10)11)7-5-13-3-4-14-6-7/h7,12H,2-6H2,1H3,(H,10,11). The van der Waals surface area contributed by atoms with Crippen molar-refractivity contribution in [1.29, 1.82) is 0 Å². The SMILES string of the molecule is CCC(O)(C(=O)O)C1COCCOC1. The van der Waals surface area contributed by atoms with Crippen LogP contribution >= 0.6 is 0 Å². The summed E-state index contributed by atoms with van der Waals surface area (Å²) in [6.07, 6.45) is 0.152. The second kappa shape index (κ2) is 4.72. The molecule has 1 heterocycles. The first-order valence-corrected chi connectivity index (χ1v) is 4.72. The number of carboxylic acid groups (broad SMARTS) is 1. The fourth-order valence-electron chi connectivity index (χ4n) is 1.51. The molecule has 1 saturated heterocycles. The Kier molecular flexibility index (Phi) is 3.86. The fraction of sp³-hybridized carbons (Fsp3) is 0.889. The van der Waals surface area contributed by atoms with Crippen LogP contribution in [-0.4, -0.2) is 48.2 Å². The van der Waals surface area contributed by atoms with Crippen LogP contribution in [0.2, 0.25) is 0 Å². The third-order valence-corrected chi connectivity index (χ3v) is 2.59. The van der Waals surface area contributed by atoms with Gasteiger partial charge in [0, 0.05) is 5.92 Å². The van der Waals surface area contributed by atoms with Gasteiger partial charge in [-0.1, -0.05) is 6.92 Å². The quantitative estimate of drug-likeness (QED) is 0.670. The zero-order chi connectivity index (χ0) is 10.6. The molecule has 0 aromatic rings. The average Bonchev–Trinajstić information content (AvgIpc) is 2.44. The Morgan fingerprint density at radius 2 is 1.93 bits per heavy atom. The lowest BCUT2D eigenvalue weighted by Crippen LogP contribution is -2.48. The van der Waals surface area contributed by atoms with Crippen LogP contribution in [0.15, 0.2) is 0 Å². The molecule has 0 amide bonds. The maximum atomic E-state index is 10.9. The van der Waals surface area contributed by atoms with Gasteiger partial charge in [0.2, 0.25) is 0 Å². The maximum Gasteiger partial charge on any atom is 0.336 e. The first kappa shape index (κ1) is 11.4. The molecule has 1 unspecified atom stereocenters. The summed E-state index contributed by atoms with van der Waals surface area (Å²) in [5.74, 6) is -1.70. The molecule has 0 aliphatic carbocycles. The first-order chi connectivity index (χ1) is 6.61. The highest BCUT2D eigenvalue weighted by molar-refractivity contribution is 5.77. The van der Waals surface area contributed by atoms with Gasteiger partial charge in [0.15, 0.2) is 5.60 Å². The number of rotatable bonds is 3. The molecule has 0 aromatic carbocycles. The first-order valence-electron chi connectivity index (χ1n) is 4.72. The Labute approximate surface area is 82.6 Å². The third kappa shape index (κ3) is 2.23. The fourth-order valence-corrected chi connectivity index (χ4v) is 1.51. The van der Waals surface area contributed by atoms with Gasteiger partial charge in [0.1, 0.15) is 0 Å². The molecule has 0 saturated carbocycles. The molecule has 0 aromatic heterocycles. The van der Waals surface area contributed by atoms with Crippen molar-refractivity contribution < 1.29 is 24.5 Å². The van der Waals surface area contributed by atoms with E-state index in [4.69, 9.17) is 14.6 Å². The normalized spacial score (nSPS) is 23.9. The van der Waals surface area contributed by atoms with Gasteiger partial charge in [0.25, 0.3) is 0 Å². The molecule has 0 spiro atoms. The van der Waals surface area contributed by atoms with Crippen molar-refractivity contribution in [2.75, 3.05) is 26.4 Å². The van der Waals surface area contributed by atoms with E-state index in [1.165, 1.54) is 0 Å². The second-order valence-corrected chi connectivity index (χ2v) is 3.43. The van der Waals surface area contributed by atoms with Crippen LogP contribution in [0.5, 0.6) is 0 Å². The predicted molar refractivity (Wildman–Crippen MR) is 48.0 cm³/mol. The van der Waals surface area contributed by atoms with E-state index in [1.807, 2.05) is 0 Å². The number of carboxylic acids is 1. The van der Waals surface area contributed by atoms with Crippen LogP contribution in [0.25, 0.3) is 0 Å². The van der Waals surface area contributed by atoms with Gasteiger partial charge in [0.05, 0.1) is 26.4 Å². The highest BCUT2D eigenvalue weighted by atomic mass is 16.5. The largest absolute Gasteiger partial charge is 0.479 e. The lowest BCUT2D eigenvalue weighted by molar-refractivity contribution is -0.169. The zero-order valence-electron chi connectivity index (χ0n) is 8.23. The lowest BCUT2D eigenvalue weighted by Gasteiger charge is -2.29. The van der Waals surface area contributed by atoms with E-state index in [0.29, 0.717) is 13.2 Å². The molecule has 1 aliphatic heterocycles. The molecule has 82 valence electrons. The molecule has 1 rings (SSSR count). The Morgan fingerprint density at radius 3 is 2.29 bits per heavy atom. The van der Waals surface area contributed by atoms with Gasteiger partial charge >= 0.3 is 5.97 Å². The van der Waals surface area contributed by atoms with Gasteiger partial charge in [-0.05, 0) is 6.42 Å². The second-order valence-electron chi connectivity index (χ2n) is 3.43. The molecule has 1 aliphatic rings. The van der Waals surface area contributed by atoms with E-state index in [-0.39, 0.29) is 19.6 Å². The third-order valence-electron chi connectivity index (χ3n) is 2.59. The number of aliphatic hydroxyl groups is 1. The Bertz CT molecular complexity index is 197. The summed E-state index contributed by atoms with van der Waals surface area (Å²) >= 11 is 0. The minimum Gasteiger partial charge on any atom is -0.479 e. The Morgan fingerprint density at radius 1 is 1.43 bits per heavy atom. The molecule has 0 radical (unpaired) electrons. The Hall–Kier alpha value is -0.650. The van der Waals surface area contributed by atoms with E-state index in [9.17, 15) is 9.90 Å². The monoisotopic (exact) mass is 204 g/mol. The molecular formula is C9H16O5. The minimum absolute atomic E-state index is 0.152. The number of hydrogen-bond acceptors (Lipinski definition) is 4. The summed E-state index contributed by atoms with van der Waals surface area (Å²) in [6, 6.07) is 0. The van der Waals surface area contributed by atoms with Crippen molar-refractivity contribution >= 4 is 5.97 Å². The highest BCUT2D eigenvalue weighted by Crippen LogP contribution is 2.24. The van der Waals surface area contributed by atoms with Crippen LogP contribution in [0.1, 0.15) is 13.3 Å². The molecule has 1 atom stereocenters. The van der Waals surface area contributed by atoms with Gasteiger partial charge in [-0.2, -0.15) is 0 Å². The number of aliphatic carboxylic acids is 1. The molecule has 0 bridgehead atoms. The van der Waals surface area contributed by atoms with E-state index in [0.717, 1.165) is 0 Å². The smallest absolute Gasteiger partial charge is 0.336 e. The average molecular weight is 204 g/mol. The summed E-state index contributed by atoms with van der Waals surface area (Å²) < 4.78 is 10.3. The maximum absolute atomic E-state index is 10.9. The summed E-state index contributed by atoms with van der Waals surface area (Å²) in [7, 11) is 0. The molecule has 14 heavy (non-hydrogen) atoms. The van der Waals surface area contributed by atoms with E-state index < -0.39 is 17.5 Å². The van der Waals surface area contributed by atoms with Crippen molar-refractivity contribution in [3.05, 3.63) is 0 Å². The van der Waals surface area contributed by atoms with Gasteiger partial charge in [-0.25, -0.2) is 4.79 Å². The van der Waals surface area contributed by atoms with Crippen molar-refractivity contribution in [3.63, 3.8) is 0 Å². The summed E-state index contributed by atoms with van der Waals surface area (Å²) in [5.41, 5.74) is -1.73. The van der Waals surface area contributed by atoms with E-state index >= 15 is 0 Å². The summed E-state index contributed by atoms with van der Waals surface area (Å²) in [5, 5.41) is 18.8. The summed E-state index contributed by atoms with van der Waals surface area (Å²) in [4.78, 5) is 10.9. The number of carbonyl (C=O) groups is 1. The van der Waals surface area contributed by atoms with Gasteiger partial charge < -0.3 is 19.7 Å². The molecular weight excluding hydrogens is 188 g/mol. The van der Waals surface area contributed by atoms with Crippen LogP contribution < -0.4 is 0 Å². The van der Waals surface area contributed by atoms with E-state index in [2.05, 4.69) is 0 Å². The van der Waals surface area contributed by atoms with Crippen molar-refractivity contribution in [3.8, 4) is 0 Å². The number of hydrogen-bond donors (Lipinski definition) is 2.